The van der Waals surface area contributed by atoms with Crippen molar-refractivity contribution in [1.29, 1.82) is 0 Å². The smallest absolute Gasteiger partial charge is 0.266 e. The standard InChI is InChI=1S/C25H19ClFN3O5S2/c1-14-29-20-12-16(24-28-8-9-35-24)3-4-18(20)25(32)30(14)21-5-2-15(11-19(21)27)10-17(31)13-37(33,34)23-7-6-22(26)36-23/h2-7,11-12H,8-10,13H2,1H3. The average molecular weight is 560 g/mol. The molecule has 0 saturated heterocycles. The van der Waals surface area contributed by atoms with Crippen LogP contribution in [0.2, 0.25) is 4.34 Å². The number of hydrogen-bond acceptors (Lipinski definition) is 8. The third kappa shape index (κ3) is 5.07. The third-order valence-corrected chi connectivity index (χ3v) is 9.22. The van der Waals surface area contributed by atoms with Gasteiger partial charge in [0.2, 0.25) is 5.90 Å². The van der Waals surface area contributed by atoms with Crippen LogP contribution in [0, 0.1) is 12.7 Å². The van der Waals surface area contributed by atoms with Gasteiger partial charge in [0.25, 0.3) is 5.56 Å². The minimum absolute atomic E-state index is 0.00177. The molecule has 1 aliphatic rings. The van der Waals surface area contributed by atoms with E-state index in [9.17, 15) is 18.0 Å². The quantitative estimate of drug-likeness (QED) is 0.340. The summed E-state index contributed by atoms with van der Waals surface area (Å²) in [5.74, 6) is -1.29. The summed E-state index contributed by atoms with van der Waals surface area (Å²) in [5.41, 5.74) is 0.948. The molecule has 1 aliphatic heterocycles. The van der Waals surface area contributed by atoms with Gasteiger partial charge in [-0.15, -0.1) is 11.3 Å². The van der Waals surface area contributed by atoms with Gasteiger partial charge in [-0.1, -0.05) is 17.7 Å². The molecule has 0 spiro atoms. The Morgan fingerprint density at radius 1 is 1.19 bits per heavy atom. The summed E-state index contributed by atoms with van der Waals surface area (Å²) in [6, 6.07) is 11.8. The van der Waals surface area contributed by atoms with Gasteiger partial charge < -0.3 is 4.74 Å². The summed E-state index contributed by atoms with van der Waals surface area (Å²) in [6.07, 6.45) is -0.284. The summed E-state index contributed by atoms with van der Waals surface area (Å²) in [7, 11) is -3.84. The lowest BCUT2D eigenvalue weighted by Crippen LogP contribution is -2.23. The van der Waals surface area contributed by atoms with Crippen LogP contribution in [-0.2, 0) is 25.8 Å². The van der Waals surface area contributed by atoms with Crippen molar-refractivity contribution < 1.29 is 22.3 Å². The number of carbonyl (C=O) groups excluding carboxylic acids is 1. The predicted octanol–water partition coefficient (Wildman–Crippen LogP) is 3.91. The first-order valence-corrected chi connectivity index (χ1v) is 14.0. The number of sulfone groups is 1. The third-order valence-electron chi connectivity index (χ3n) is 5.73. The normalized spacial score (nSPS) is 13.5. The highest BCUT2D eigenvalue weighted by atomic mass is 35.5. The molecule has 0 amide bonds. The highest BCUT2D eigenvalue weighted by Crippen LogP contribution is 2.27. The summed E-state index contributed by atoms with van der Waals surface area (Å²) < 4.78 is 47.0. The Hall–Kier alpha value is -3.41. The van der Waals surface area contributed by atoms with Crippen LogP contribution in [0.15, 0.2) is 62.5 Å². The molecule has 5 rings (SSSR count). The molecule has 0 bridgehead atoms. The van der Waals surface area contributed by atoms with Crippen molar-refractivity contribution in [3.05, 3.63) is 86.0 Å². The lowest BCUT2D eigenvalue weighted by Gasteiger charge is -2.13. The molecule has 0 fully saturated rings. The van der Waals surface area contributed by atoms with E-state index in [2.05, 4.69) is 9.98 Å². The van der Waals surface area contributed by atoms with E-state index in [0.29, 0.717) is 39.9 Å². The number of fused-ring (bicyclic) bond motifs is 1. The molecule has 0 saturated carbocycles. The highest BCUT2D eigenvalue weighted by molar-refractivity contribution is 7.94. The number of aromatic nitrogens is 2. The van der Waals surface area contributed by atoms with E-state index in [0.717, 1.165) is 22.0 Å². The van der Waals surface area contributed by atoms with E-state index >= 15 is 4.39 Å². The Labute approximate surface area is 219 Å². The Bertz CT molecular complexity index is 1760. The average Bonchev–Trinajstić information content (AvgIpc) is 3.52. The van der Waals surface area contributed by atoms with Gasteiger partial charge in [-0.25, -0.2) is 22.8 Å². The number of carbonyl (C=O) groups is 1. The van der Waals surface area contributed by atoms with Gasteiger partial charge in [0.1, 0.15) is 28.2 Å². The van der Waals surface area contributed by atoms with Crippen LogP contribution in [0.4, 0.5) is 4.39 Å². The van der Waals surface area contributed by atoms with E-state index in [1.165, 1.54) is 24.3 Å². The largest absolute Gasteiger partial charge is 0.476 e. The lowest BCUT2D eigenvalue weighted by atomic mass is 10.1. The maximum Gasteiger partial charge on any atom is 0.266 e. The van der Waals surface area contributed by atoms with E-state index < -0.39 is 32.7 Å². The summed E-state index contributed by atoms with van der Waals surface area (Å²) in [6.45, 7) is 2.67. The molecule has 2 aromatic carbocycles. The number of halogens is 2. The van der Waals surface area contributed by atoms with Crippen molar-refractivity contribution in [1.82, 2.24) is 9.55 Å². The molecule has 190 valence electrons. The van der Waals surface area contributed by atoms with Crippen molar-refractivity contribution in [2.24, 2.45) is 4.99 Å². The van der Waals surface area contributed by atoms with Crippen LogP contribution >= 0.6 is 22.9 Å². The van der Waals surface area contributed by atoms with Crippen LogP contribution in [0.25, 0.3) is 16.6 Å². The van der Waals surface area contributed by atoms with Crippen LogP contribution in [0.3, 0.4) is 0 Å². The molecule has 0 N–H and O–H groups in total. The number of nitrogens with zero attached hydrogens (tertiary/aromatic N) is 3. The van der Waals surface area contributed by atoms with Crippen molar-refractivity contribution in [3.8, 4) is 5.69 Å². The molecule has 3 heterocycles. The molecule has 0 atom stereocenters. The van der Waals surface area contributed by atoms with E-state index in [1.54, 1.807) is 25.1 Å². The number of hydrogen-bond donors (Lipinski definition) is 0. The number of thiophene rings is 1. The maximum atomic E-state index is 15.2. The Balaban J connectivity index is 1.41. The molecule has 0 radical (unpaired) electrons. The number of Topliss-reactive ketones (excluding diaryl/α,β-unsaturated/α-hetero) is 1. The Morgan fingerprint density at radius 3 is 2.68 bits per heavy atom. The number of rotatable bonds is 7. The number of aryl methyl sites for hydroxylation is 1. The van der Waals surface area contributed by atoms with Crippen molar-refractivity contribution in [2.75, 3.05) is 18.9 Å². The zero-order valence-electron chi connectivity index (χ0n) is 19.4. The summed E-state index contributed by atoms with van der Waals surface area (Å²) in [4.78, 5) is 34.4. The fourth-order valence-corrected chi connectivity index (χ4v) is 6.90. The van der Waals surface area contributed by atoms with Gasteiger partial charge in [0.05, 0.1) is 27.5 Å². The lowest BCUT2D eigenvalue weighted by molar-refractivity contribution is -0.116. The number of ether oxygens (including phenoxy) is 1. The van der Waals surface area contributed by atoms with Gasteiger partial charge in [0, 0.05) is 12.0 Å². The van der Waals surface area contributed by atoms with Gasteiger partial charge in [-0.05, 0) is 55.0 Å². The topological polar surface area (TPSA) is 108 Å². The van der Waals surface area contributed by atoms with E-state index in [-0.39, 0.29) is 27.7 Å². The predicted molar refractivity (Wildman–Crippen MR) is 139 cm³/mol. The number of ketones is 1. The maximum absolute atomic E-state index is 15.2. The van der Waals surface area contributed by atoms with Gasteiger partial charge in [-0.2, -0.15) is 0 Å². The second kappa shape index (κ2) is 9.81. The van der Waals surface area contributed by atoms with Gasteiger partial charge in [0.15, 0.2) is 15.6 Å². The monoisotopic (exact) mass is 559 g/mol. The van der Waals surface area contributed by atoms with Crippen molar-refractivity contribution in [3.63, 3.8) is 0 Å². The molecule has 2 aromatic heterocycles. The van der Waals surface area contributed by atoms with E-state index in [1.807, 2.05) is 0 Å². The fourth-order valence-electron chi connectivity index (χ4n) is 4.09. The molecule has 37 heavy (non-hydrogen) atoms. The molecular formula is C25H19ClFN3O5S2. The second-order valence-electron chi connectivity index (χ2n) is 8.39. The minimum atomic E-state index is -3.84. The minimum Gasteiger partial charge on any atom is -0.476 e. The first-order chi connectivity index (χ1) is 17.6. The van der Waals surface area contributed by atoms with Crippen LogP contribution in [0.5, 0.6) is 0 Å². The van der Waals surface area contributed by atoms with Crippen LogP contribution < -0.4 is 5.56 Å². The van der Waals surface area contributed by atoms with Crippen molar-refractivity contribution >= 4 is 55.4 Å². The first-order valence-electron chi connectivity index (χ1n) is 11.1. The molecule has 0 aliphatic carbocycles. The van der Waals surface area contributed by atoms with Crippen LogP contribution in [-0.4, -0.2) is 48.6 Å². The molecule has 12 heteroatoms. The van der Waals surface area contributed by atoms with E-state index in [4.69, 9.17) is 16.3 Å². The summed E-state index contributed by atoms with van der Waals surface area (Å²) in [5, 5.41) is 0.297. The SMILES string of the molecule is Cc1nc2cc(C3=NCCO3)ccc2c(=O)n1-c1ccc(CC(=O)CS(=O)(=O)c2ccc(Cl)s2)cc1F. The molecule has 4 aromatic rings. The zero-order valence-corrected chi connectivity index (χ0v) is 21.8. The Kier molecular flexibility index (Phi) is 6.69. The van der Waals surface area contributed by atoms with Crippen LogP contribution in [0.1, 0.15) is 17.0 Å². The molecular weight excluding hydrogens is 541 g/mol. The summed E-state index contributed by atoms with van der Waals surface area (Å²) >= 11 is 6.66. The molecule has 0 unspecified atom stereocenters. The second-order valence-corrected chi connectivity index (χ2v) is 12.3. The first kappa shape index (κ1) is 25.2. The zero-order chi connectivity index (χ0) is 26.3. The van der Waals surface area contributed by atoms with Gasteiger partial charge in [-0.3, -0.25) is 14.2 Å². The molecule has 8 nitrogen and oxygen atoms in total. The number of aliphatic imine (C=N–C) groups is 1. The van der Waals surface area contributed by atoms with Crippen molar-refractivity contribution in [2.45, 2.75) is 17.6 Å². The van der Waals surface area contributed by atoms with Gasteiger partial charge >= 0.3 is 0 Å². The Morgan fingerprint density at radius 2 is 2.00 bits per heavy atom. The number of benzene rings is 2. The highest BCUT2D eigenvalue weighted by Gasteiger charge is 2.22. The fraction of sp³-hybridized carbons (Fsp3) is 0.200.